The van der Waals surface area contributed by atoms with Gasteiger partial charge in [-0.3, -0.25) is 9.89 Å². The largest absolute Gasteiger partial charge is 0.493 e. The molecule has 0 radical (unpaired) electrons. The average Bonchev–Trinajstić information content (AvgIpc) is 3.12. The van der Waals surface area contributed by atoms with Gasteiger partial charge in [0.1, 0.15) is 11.4 Å². The number of aromatic amines is 1. The Kier molecular flexibility index (Phi) is 5.80. The number of rotatable bonds is 6. The number of carbonyl (C=O) groups is 1. The molecule has 2 N–H and O–H groups in total. The zero-order valence-electron chi connectivity index (χ0n) is 14.1. The van der Waals surface area contributed by atoms with Gasteiger partial charge in [-0.05, 0) is 42.8 Å². The molecule has 0 unspecified atom stereocenters. The third-order valence-corrected chi connectivity index (χ3v) is 4.01. The standard InChI is InChI=1S/C19H17BrN4O2/c1-2-26-18-9-4-3-8-15(18)16-11-17(23-22-16)19(25)24-21-12-13-6-5-7-14(20)10-13/h3-12H,2H2,1H3,(H,22,23)(H,24,25)/b21-12-. The molecule has 3 rings (SSSR count). The van der Waals surface area contributed by atoms with Crippen LogP contribution in [0.1, 0.15) is 23.0 Å². The molecule has 1 amide bonds. The number of hydrogen-bond acceptors (Lipinski definition) is 4. The Morgan fingerprint density at radius 1 is 1.27 bits per heavy atom. The van der Waals surface area contributed by atoms with Gasteiger partial charge in [-0.2, -0.15) is 10.2 Å². The molecule has 1 aromatic heterocycles. The van der Waals surface area contributed by atoms with Crippen molar-refractivity contribution >= 4 is 28.1 Å². The number of amides is 1. The molecule has 0 aliphatic rings. The molecule has 6 nitrogen and oxygen atoms in total. The van der Waals surface area contributed by atoms with Crippen LogP contribution in [0.25, 0.3) is 11.3 Å². The summed E-state index contributed by atoms with van der Waals surface area (Å²) in [5, 5.41) is 10.9. The summed E-state index contributed by atoms with van der Waals surface area (Å²) >= 11 is 3.39. The number of nitrogens with zero attached hydrogens (tertiary/aromatic N) is 2. The lowest BCUT2D eigenvalue weighted by Crippen LogP contribution is -2.17. The summed E-state index contributed by atoms with van der Waals surface area (Å²) in [7, 11) is 0. The molecule has 26 heavy (non-hydrogen) atoms. The van der Waals surface area contributed by atoms with Crippen LogP contribution in [0.15, 0.2) is 64.2 Å². The molecule has 0 saturated heterocycles. The van der Waals surface area contributed by atoms with Crippen molar-refractivity contribution in [3.05, 3.63) is 70.3 Å². The number of para-hydroxylation sites is 1. The average molecular weight is 413 g/mol. The van der Waals surface area contributed by atoms with Gasteiger partial charge in [-0.15, -0.1) is 0 Å². The Labute approximate surface area is 159 Å². The van der Waals surface area contributed by atoms with Crippen molar-refractivity contribution in [2.75, 3.05) is 6.61 Å². The van der Waals surface area contributed by atoms with E-state index in [1.807, 2.05) is 55.5 Å². The van der Waals surface area contributed by atoms with Gasteiger partial charge in [0.15, 0.2) is 0 Å². The van der Waals surface area contributed by atoms with Crippen LogP contribution in [0.3, 0.4) is 0 Å². The van der Waals surface area contributed by atoms with E-state index < -0.39 is 0 Å². The molecule has 0 saturated carbocycles. The SMILES string of the molecule is CCOc1ccccc1-c1cc(C(=O)N/N=C\c2cccc(Br)c2)[nH]n1. The molecule has 0 spiro atoms. The maximum atomic E-state index is 12.2. The maximum absolute atomic E-state index is 12.2. The molecule has 0 aliphatic heterocycles. The highest BCUT2D eigenvalue weighted by Crippen LogP contribution is 2.28. The van der Waals surface area contributed by atoms with Crippen molar-refractivity contribution in [1.29, 1.82) is 0 Å². The highest BCUT2D eigenvalue weighted by atomic mass is 79.9. The molecular weight excluding hydrogens is 396 g/mol. The van der Waals surface area contributed by atoms with Crippen molar-refractivity contribution in [2.24, 2.45) is 5.10 Å². The fourth-order valence-electron chi connectivity index (χ4n) is 2.35. The fourth-order valence-corrected chi connectivity index (χ4v) is 2.77. The summed E-state index contributed by atoms with van der Waals surface area (Å²) in [5.41, 5.74) is 5.13. The van der Waals surface area contributed by atoms with E-state index in [-0.39, 0.29) is 5.91 Å². The quantitative estimate of drug-likeness (QED) is 0.474. The van der Waals surface area contributed by atoms with Crippen LogP contribution < -0.4 is 10.2 Å². The predicted molar refractivity (Wildman–Crippen MR) is 104 cm³/mol. The minimum atomic E-state index is -0.371. The van der Waals surface area contributed by atoms with E-state index in [1.165, 1.54) is 0 Å². The lowest BCUT2D eigenvalue weighted by Gasteiger charge is -2.07. The first-order chi connectivity index (χ1) is 12.7. The lowest BCUT2D eigenvalue weighted by atomic mass is 10.1. The molecule has 132 valence electrons. The van der Waals surface area contributed by atoms with Gasteiger partial charge >= 0.3 is 0 Å². The molecule has 1 heterocycles. The first-order valence-electron chi connectivity index (χ1n) is 8.04. The van der Waals surface area contributed by atoms with Gasteiger partial charge in [0.2, 0.25) is 0 Å². The van der Waals surface area contributed by atoms with Gasteiger partial charge < -0.3 is 4.74 Å². The number of halogens is 1. The highest BCUT2D eigenvalue weighted by molar-refractivity contribution is 9.10. The van der Waals surface area contributed by atoms with E-state index >= 15 is 0 Å². The number of aromatic nitrogens is 2. The Bertz CT molecular complexity index is 937. The molecule has 0 fully saturated rings. The predicted octanol–water partition coefficient (Wildman–Crippen LogP) is 4.00. The number of hydrazone groups is 1. The number of H-pyrrole nitrogens is 1. The van der Waals surface area contributed by atoms with Crippen LogP contribution in [0, 0.1) is 0 Å². The second kappa shape index (κ2) is 8.44. The van der Waals surface area contributed by atoms with Gasteiger partial charge in [0.25, 0.3) is 5.91 Å². The minimum absolute atomic E-state index is 0.317. The van der Waals surface area contributed by atoms with E-state index in [4.69, 9.17) is 4.74 Å². The van der Waals surface area contributed by atoms with Crippen molar-refractivity contribution in [2.45, 2.75) is 6.92 Å². The fraction of sp³-hybridized carbons (Fsp3) is 0.105. The van der Waals surface area contributed by atoms with Gasteiger partial charge in [-0.1, -0.05) is 40.2 Å². The first kappa shape index (κ1) is 17.9. The Morgan fingerprint density at radius 2 is 2.12 bits per heavy atom. The zero-order valence-corrected chi connectivity index (χ0v) is 15.7. The molecule has 0 bridgehead atoms. The molecule has 2 aromatic carbocycles. The smallest absolute Gasteiger partial charge is 0.289 e. The maximum Gasteiger partial charge on any atom is 0.289 e. The second-order valence-corrected chi connectivity index (χ2v) is 6.27. The summed E-state index contributed by atoms with van der Waals surface area (Å²) in [6, 6.07) is 16.8. The summed E-state index contributed by atoms with van der Waals surface area (Å²) in [6.45, 7) is 2.47. The van der Waals surface area contributed by atoms with Gasteiger partial charge in [0.05, 0.1) is 18.5 Å². The number of benzene rings is 2. The highest BCUT2D eigenvalue weighted by Gasteiger charge is 2.13. The van der Waals surface area contributed by atoms with E-state index in [9.17, 15) is 4.79 Å². The molecular formula is C19H17BrN4O2. The van der Waals surface area contributed by atoms with E-state index in [1.54, 1.807) is 12.3 Å². The third kappa shape index (κ3) is 4.37. The Balaban J connectivity index is 1.70. The van der Waals surface area contributed by atoms with Crippen molar-refractivity contribution in [1.82, 2.24) is 15.6 Å². The minimum Gasteiger partial charge on any atom is -0.493 e. The monoisotopic (exact) mass is 412 g/mol. The van der Waals surface area contributed by atoms with Crippen molar-refractivity contribution < 1.29 is 9.53 Å². The van der Waals surface area contributed by atoms with Crippen molar-refractivity contribution in [3.8, 4) is 17.0 Å². The number of ether oxygens (including phenoxy) is 1. The number of nitrogens with one attached hydrogen (secondary N) is 2. The van der Waals surface area contributed by atoms with Crippen LogP contribution in [0.2, 0.25) is 0 Å². The van der Waals surface area contributed by atoms with Crippen LogP contribution >= 0.6 is 15.9 Å². The first-order valence-corrected chi connectivity index (χ1v) is 8.83. The molecule has 3 aromatic rings. The summed E-state index contributed by atoms with van der Waals surface area (Å²) < 4.78 is 6.55. The Hall–Kier alpha value is -2.93. The van der Waals surface area contributed by atoms with Crippen LogP contribution in [0.4, 0.5) is 0 Å². The number of hydrogen-bond donors (Lipinski definition) is 2. The number of carbonyl (C=O) groups excluding carboxylic acids is 1. The summed E-state index contributed by atoms with van der Waals surface area (Å²) in [4.78, 5) is 12.2. The normalized spacial score (nSPS) is 10.8. The van der Waals surface area contributed by atoms with E-state index in [0.717, 1.165) is 21.3 Å². The topological polar surface area (TPSA) is 79.4 Å². The third-order valence-electron chi connectivity index (χ3n) is 3.51. The molecule has 0 atom stereocenters. The van der Waals surface area contributed by atoms with Gasteiger partial charge in [0, 0.05) is 10.0 Å². The van der Waals surface area contributed by atoms with E-state index in [2.05, 4.69) is 36.7 Å². The van der Waals surface area contributed by atoms with E-state index in [0.29, 0.717) is 18.0 Å². The van der Waals surface area contributed by atoms with Crippen LogP contribution in [-0.2, 0) is 0 Å². The van der Waals surface area contributed by atoms with Crippen molar-refractivity contribution in [3.63, 3.8) is 0 Å². The van der Waals surface area contributed by atoms with Gasteiger partial charge in [-0.25, -0.2) is 5.43 Å². The lowest BCUT2D eigenvalue weighted by molar-refractivity contribution is 0.0950. The molecule has 0 aliphatic carbocycles. The summed E-state index contributed by atoms with van der Waals surface area (Å²) in [6.07, 6.45) is 1.57. The van der Waals surface area contributed by atoms with Crippen LogP contribution in [-0.4, -0.2) is 28.9 Å². The summed E-state index contributed by atoms with van der Waals surface area (Å²) in [5.74, 6) is 0.352. The Morgan fingerprint density at radius 3 is 2.92 bits per heavy atom. The second-order valence-electron chi connectivity index (χ2n) is 5.35. The molecule has 7 heteroatoms. The zero-order chi connectivity index (χ0) is 18.4. The van der Waals surface area contributed by atoms with Crippen LogP contribution in [0.5, 0.6) is 5.75 Å².